The van der Waals surface area contributed by atoms with Crippen LogP contribution in [0.15, 0.2) is 48.3 Å². The van der Waals surface area contributed by atoms with Crippen LogP contribution in [0.2, 0.25) is 0 Å². The Morgan fingerprint density at radius 3 is 2.91 bits per heavy atom. The van der Waals surface area contributed by atoms with Crippen molar-refractivity contribution in [3.63, 3.8) is 0 Å². The van der Waals surface area contributed by atoms with Gasteiger partial charge in [0.25, 0.3) is 5.71 Å². The number of rotatable bonds is 6. The van der Waals surface area contributed by atoms with Crippen molar-refractivity contribution in [2.24, 2.45) is 0 Å². The molecule has 0 saturated heterocycles. The molecule has 0 aromatic heterocycles. The van der Waals surface area contributed by atoms with Gasteiger partial charge in [-0.05, 0) is 13.0 Å². The van der Waals surface area contributed by atoms with Crippen LogP contribution in [0.5, 0.6) is 0 Å². The normalized spacial score (nSPS) is 15.8. The lowest BCUT2D eigenvalue weighted by Crippen LogP contribution is -2.73. The van der Waals surface area contributed by atoms with Gasteiger partial charge in [-0.15, -0.1) is 0 Å². The molecule has 4 N–H and O–H groups in total. The zero-order chi connectivity index (χ0) is 16.7. The van der Waals surface area contributed by atoms with Crippen LogP contribution in [0.4, 0.5) is 11.4 Å². The van der Waals surface area contributed by atoms with Gasteiger partial charge in [-0.25, -0.2) is 10.0 Å². The predicted octanol–water partition coefficient (Wildman–Crippen LogP) is 1.17. The number of allylic oxidation sites excluding steroid dienone is 4. The quantitative estimate of drug-likeness (QED) is 0.240. The van der Waals surface area contributed by atoms with Crippen LogP contribution in [0, 0.1) is 0 Å². The van der Waals surface area contributed by atoms with E-state index in [1.54, 1.807) is 43.3 Å². The van der Waals surface area contributed by atoms with Crippen LogP contribution in [0.1, 0.15) is 13.3 Å². The van der Waals surface area contributed by atoms with E-state index in [1.165, 1.54) is 0 Å². The summed E-state index contributed by atoms with van der Waals surface area (Å²) in [5.41, 5.74) is 2.25. The van der Waals surface area contributed by atoms with Crippen LogP contribution in [-0.2, 0) is 14.3 Å². The number of nitrogens with zero attached hydrogens (tertiary/aromatic N) is 1. The molecule has 0 bridgehead atoms. The van der Waals surface area contributed by atoms with Crippen LogP contribution >= 0.6 is 0 Å². The zero-order valence-corrected chi connectivity index (χ0v) is 12.8. The van der Waals surface area contributed by atoms with E-state index in [0.29, 0.717) is 29.3 Å². The summed E-state index contributed by atoms with van der Waals surface area (Å²) in [4.78, 5) is 11.4. The lowest BCUT2D eigenvalue weighted by atomic mass is 10.1. The third kappa shape index (κ3) is 4.18. The molecule has 0 saturated carbocycles. The number of hydrogen-bond acceptors (Lipinski definition) is 5. The molecule has 0 radical (unpaired) electrons. The Labute approximate surface area is 133 Å². The summed E-state index contributed by atoms with van der Waals surface area (Å²) in [6, 6.07) is 6.82. The Morgan fingerprint density at radius 2 is 2.17 bits per heavy atom. The number of hydrogen-bond donors (Lipinski definition) is 3. The van der Waals surface area contributed by atoms with E-state index in [-0.39, 0.29) is 13.2 Å². The average Bonchev–Trinajstić information content (AvgIpc) is 2.60. The topological polar surface area (TPSA) is 95.6 Å². The maximum atomic E-state index is 11.4. The number of carbonyl (C=O) groups excluding carboxylic acids is 1. The maximum absolute atomic E-state index is 11.4. The maximum Gasteiger partial charge on any atom is 0.344 e. The Bertz CT molecular complexity index is 664. The molecular formula is C16H20N2O5+2. The molecule has 122 valence electrons. The van der Waals surface area contributed by atoms with Gasteiger partial charge in [0.05, 0.1) is 13.0 Å². The van der Waals surface area contributed by atoms with Gasteiger partial charge >= 0.3 is 11.7 Å². The largest absolute Gasteiger partial charge is 0.475 e. The summed E-state index contributed by atoms with van der Waals surface area (Å²) in [6.45, 7) is 1.76. The zero-order valence-electron chi connectivity index (χ0n) is 12.8. The van der Waals surface area contributed by atoms with Gasteiger partial charge in [0.1, 0.15) is 0 Å². The number of quaternary nitrogens is 1. The fourth-order valence-corrected chi connectivity index (χ4v) is 2.13. The lowest BCUT2D eigenvalue weighted by Gasteiger charge is -2.11. The predicted molar refractivity (Wildman–Crippen MR) is 81.0 cm³/mol. The SMILES string of the molecule is CCOC(=O)COC1=CC=CC/C1=[N+](/O)c1ccccc1[NH2+]O. The molecule has 1 aliphatic rings. The number of carbonyl (C=O) groups is 1. The highest BCUT2D eigenvalue weighted by Gasteiger charge is 2.28. The first kappa shape index (κ1) is 16.7. The minimum absolute atomic E-state index is 0.237. The highest BCUT2D eigenvalue weighted by molar-refractivity contribution is 5.97. The molecule has 7 nitrogen and oxygen atoms in total. The standard InChI is InChI=1S/C16H19N2O5/c1-2-22-16(19)11-23-15-10-6-5-9-14(15)18(21)13-8-4-3-7-12(13)17-20/h3-8,10,17,20-21H,2,9,11H2,1H3/q+1/p+1/b18-14-. The van der Waals surface area contributed by atoms with Crippen molar-refractivity contribution in [1.82, 2.24) is 0 Å². The number of nitrogens with two attached hydrogens (primary N) is 1. The first-order chi connectivity index (χ1) is 11.2. The molecule has 0 unspecified atom stereocenters. The molecule has 0 aliphatic heterocycles. The van der Waals surface area contributed by atoms with Gasteiger partial charge < -0.3 is 9.47 Å². The number of benzene rings is 1. The Kier molecular flexibility index (Phi) is 5.90. The van der Waals surface area contributed by atoms with Gasteiger partial charge in [-0.3, -0.25) is 5.21 Å². The first-order valence-corrected chi connectivity index (χ1v) is 7.24. The third-order valence-electron chi connectivity index (χ3n) is 3.19. The summed E-state index contributed by atoms with van der Waals surface area (Å²) in [5, 5.41) is 19.8. The van der Waals surface area contributed by atoms with E-state index in [0.717, 1.165) is 10.2 Å². The fraction of sp³-hybridized carbons (Fsp3) is 0.250. The Hall–Kier alpha value is -2.64. The Balaban J connectivity index is 2.26. The monoisotopic (exact) mass is 320 g/mol. The molecule has 0 amide bonds. The van der Waals surface area contributed by atoms with Gasteiger partial charge in [0, 0.05) is 16.9 Å². The molecule has 0 atom stereocenters. The van der Waals surface area contributed by atoms with E-state index < -0.39 is 5.97 Å². The minimum atomic E-state index is -0.476. The second-order valence-corrected chi connectivity index (χ2v) is 4.70. The number of para-hydroxylation sites is 2. The molecule has 0 spiro atoms. The van der Waals surface area contributed by atoms with E-state index in [1.807, 2.05) is 6.08 Å². The summed E-state index contributed by atoms with van der Waals surface area (Å²) in [6.07, 6.45) is 5.71. The van der Waals surface area contributed by atoms with Crippen molar-refractivity contribution >= 4 is 23.1 Å². The molecule has 0 fully saturated rings. The molecule has 1 aliphatic carbocycles. The van der Waals surface area contributed by atoms with Gasteiger partial charge in [-0.1, -0.05) is 24.3 Å². The van der Waals surface area contributed by atoms with Crippen LogP contribution in [0.25, 0.3) is 0 Å². The van der Waals surface area contributed by atoms with Crippen molar-refractivity contribution in [2.45, 2.75) is 13.3 Å². The van der Waals surface area contributed by atoms with E-state index >= 15 is 0 Å². The number of ether oxygens (including phenoxy) is 2. The van der Waals surface area contributed by atoms with Crippen LogP contribution in [-0.4, -0.2) is 40.0 Å². The van der Waals surface area contributed by atoms with E-state index in [4.69, 9.17) is 9.47 Å². The average molecular weight is 320 g/mol. The summed E-state index contributed by atoms with van der Waals surface area (Å²) in [5.74, 6) is -0.105. The molecule has 23 heavy (non-hydrogen) atoms. The summed E-state index contributed by atoms with van der Waals surface area (Å²) < 4.78 is 11.2. The molecule has 0 heterocycles. The van der Waals surface area contributed by atoms with E-state index in [2.05, 4.69) is 0 Å². The molecular weight excluding hydrogens is 300 g/mol. The van der Waals surface area contributed by atoms with Crippen molar-refractivity contribution in [3.8, 4) is 0 Å². The highest BCUT2D eigenvalue weighted by Crippen LogP contribution is 2.22. The molecule has 7 heteroatoms. The molecule has 2 rings (SSSR count). The van der Waals surface area contributed by atoms with Crippen molar-refractivity contribution in [3.05, 3.63) is 48.3 Å². The third-order valence-corrected chi connectivity index (χ3v) is 3.19. The van der Waals surface area contributed by atoms with Crippen molar-refractivity contribution < 1.29 is 34.9 Å². The Morgan fingerprint density at radius 1 is 1.39 bits per heavy atom. The second-order valence-electron chi connectivity index (χ2n) is 4.70. The van der Waals surface area contributed by atoms with Crippen molar-refractivity contribution in [2.75, 3.05) is 13.2 Å². The van der Waals surface area contributed by atoms with Gasteiger partial charge in [-0.2, -0.15) is 5.48 Å². The minimum Gasteiger partial charge on any atom is -0.475 e. The van der Waals surface area contributed by atoms with E-state index in [9.17, 15) is 15.2 Å². The number of esters is 1. The molecule has 1 aromatic carbocycles. The first-order valence-electron chi connectivity index (χ1n) is 7.24. The van der Waals surface area contributed by atoms with Gasteiger partial charge in [0.15, 0.2) is 12.4 Å². The summed E-state index contributed by atoms with van der Waals surface area (Å²) in [7, 11) is 0. The van der Waals surface area contributed by atoms with Crippen molar-refractivity contribution in [1.29, 1.82) is 0 Å². The summed E-state index contributed by atoms with van der Waals surface area (Å²) >= 11 is 0. The second kappa shape index (κ2) is 8.11. The fourth-order valence-electron chi connectivity index (χ4n) is 2.13. The smallest absolute Gasteiger partial charge is 0.344 e. The lowest BCUT2D eigenvalue weighted by molar-refractivity contribution is -0.830. The highest BCUT2D eigenvalue weighted by atomic mass is 16.6. The molecule has 1 aromatic rings. The van der Waals surface area contributed by atoms with Crippen LogP contribution < -0.4 is 5.48 Å². The van der Waals surface area contributed by atoms with Crippen LogP contribution in [0.3, 0.4) is 0 Å². The van der Waals surface area contributed by atoms with Gasteiger partial charge in [0.2, 0.25) is 5.69 Å².